The second kappa shape index (κ2) is 7.88. The molecule has 1 saturated heterocycles. The normalized spacial score (nSPS) is 19.9. The third-order valence-corrected chi connectivity index (χ3v) is 4.93. The van der Waals surface area contributed by atoms with Gasteiger partial charge in [-0.1, -0.05) is 33.6 Å². The summed E-state index contributed by atoms with van der Waals surface area (Å²) in [5.41, 5.74) is 0.585. The summed E-state index contributed by atoms with van der Waals surface area (Å²) < 4.78 is 0. The summed E-state index contributed by atoms with van der Waals surface area (Å²) in [5, 5.41) is 8.79. The lowest BCUT2D eigenvalue weighted by Gasteiger charge is -2.50. The van der Waals surface area contributed by atoms with Gasteiger partial charge in [0.1, 0.15) is 0 Å². The molecule has 0 aromatic carbocycles. The van der Waals surface area contributed by atoms with E-state index >= 15 is 0 Å². The largest absolute Gasteiger partial charge is 0.481 e. The summed E-state index contributed by atoms with van der Waals surface area (Å²) in [4.78, 5) is 13.2. The second-order valence-corrected chi connectivity index (χ2v) is 6.29. The number of rotatable bonds is 10. The Hall–Kier alpha value is -0.570. The number of carboxylic acid groups (broad SMARTS) is 1. The van der Waals surface area contributed by atoms with E-state index in [1.165, 1.54) is 38.8 Å². The van der Waals surface area contributed by atoms with E-state index in [1.54, 1.807) is 0 Å². The van der Waals surface area contributed by atoms with Crippen molar-refractivity contribution >= 4 is 5.97 Å². The molecule has 1 rings (SSSR count). The van der Waals surface area contributed by atoms with Crippen molar-refractivity contribution in [1.82, 2.24) is 4.90 Å². The van der Waals surface area contributed by atoms with Crippen LogP contribution in [0.1, 0.15) is 65.7 Å². The molecule has 1 fully saturated rings. The van der Waals surface area contributed by atoms with Gasteiger partial charge in [0.15, 0.2) is 0 Å². The first-order chi connectivity index (χ1) is 9.05. The molecule has 3 heteroatoms. The van der Waals surface area contributed by atoms with Gasteiger partial charge >= 0.3 is 5.97 Å². The number of carboxylic acids is 1. The van der Waals surface area contributed by atoms with Crippen molar-refractivity contribution in [1.29, 1.82) is 0 Å². The van der Waals surface area contributed by atoms with Crippen LogP contribution in [0.5, 0.6) is 0 Å². The molecule has 1 aliphatic heterocycles. The Morgan fingerprint density at radius 2 is 1.79 bits per heavy atom. The molecule has 112 valence electrons. The maximum Gasteiger partial charge on any atom is 0.303 e. The molecule has 0 amide bonds. The van der Waals surface area contributed by atoms with E-state index in [2.05, 4.69) is 25.7 Å². The number of hydrogen-bond donors (Lipinski definition) is 1. The predicted octanol–water partition coefficient (Wildman–Crippen LogP) is 3.78. The molecule has 0 saturated carbocycles. The van der Waals surface area contributed by atoms with Gasteiger partial charge in [-0.05, 0) is 43.6 Å². The molecular weight excluding hydrogens is 238 g/mol. The first kappa shape index (κ1) is 16.5. The zero-order valence-corrected chi connectivity index (χ0v) is 13.0. The first-order valence-corrected chi connectivity index (χ1v) is 7.99. The first-order valence-electron chi connectivity index (χ1n) is 7.99. The highest BCUT2D eigenvalue weighted by molar-refractivity contribution is 5.66. The van der Waals surface area contributed by atoms with Gasteiger partial charge in [-0.2, -0.15) is 0 Å². The molecule has 1 unspecified atom stereocenters. The van der Waals surface area contributed by atoms with Crippen molar-refractivity contribution in [2.24, 2.45) is 11.3 Å². The van der Waals surface area contributed by atoms with Crippen LogP contribution < -0.4 is 0 Å². The number of hydrogen-bond acceptors (Lipinski definition) is 2. The summed E-state index contributed by atoms with van der Waals surface area (Å²) in [6.07, 6.45) is 7.27. The van der Waals surface area contributed by atoms with Crippen molar-refractivity contribution in [2.45, 2.75) is 65.7 Å². The van der Waals surface area contributed by atoms with Gasteiger partial charge in [-0.25, -0.2) is 0 Å². The predicted molar refractivity (Wildman–Crippen MR) is 79.3 cm³/mol. The van der Waals surface area contributed by atoms with Crippen LogP contribution in [0.4, 0.5) is 0 Å². The fraction of sp³-hybridized carbons (Fsp3) is 0.938. The summed E-state index contributed by atoms with van der Waals surface area (Å²) in [7, 11) is 0. The summed E-state index contributed by atoms with van der Waals surface area (Å²) in [6.45, 7) is 10.4. The maximum atomic E-state index is 10.7. The number of nitrogens with zero attached hydrogens (tertiary/aromatic N) is 1. The van der Waals surface area contributed by atoms with Gasteiger partial charge in [0, 0.05) is 19.5 Å². The molecule has 1 aliphatic rings. The quantitative estimate of drug-likeness (QED) is 0.656. The Morgan fingerprint density at radius 3 is 2.26 bits per heavy atom. The third-order valence-electron chi connectivity index (χ3n) is 4.93. The van der Waals surface area contributed by atoms with E-state index in [0.717, 1.165) is 19.4 Å². The molecule has 0 aliphatic carbocycles. The van der Waals surface area contributed by atoms with Crippen molar-refractivity contribution in [2.75, 3.05) is 19.6 Å². The molecule has 0 aromatic rings. The standard InChI is InChI=1S/C16H31NO2/c1-4-7-14(8-9-15(18)19)10-11-17-12-16(5-2,6-3)13-17/h14H,4-13H2,1-3H3,(H,18,19). The lowest BCUT2D eigenvalue weighted by molar-refractivity contribution is -0.137. The Labute approximate surface area is 118 Å². The average molecular weight is 269 g/mol. The van der Waals surface area contributed by atoms with E-state index in [9.17, 15) is 4.79 Å². The highest BCUT2D eigenvalue weighted by Gasteiger charge is 2.39. The van der Waals surface area contributed by atoms with Crippen LogP contribution in [-0.2, 0) is 4.79 Å². The number of aliphatic carboxylic acids is 1. The van der Waals surface area contributed by atoms with E-state index < -0.39 is 5.97 Å². The summed E-state index contributed by atoms with van der Waals surface area (Å²) in [5.74, 6) is -0.0552. The van der Waals surface area contributed by atoms with Crippen LogP contribution >= 0.6 is 0 Å². The molecule has 3 nitrogen and oxygen atoms in total. The van der Waals surface area contributed by atoms with Crippen LogP contribution in [0.25, 0.3) is 0 Å². The summed E-state index contributed by atoms with van der Waals surface area (Å²) >= 11 is 0. The lowest BCUT2D eigenvalue weighted by atomic mass is 9.75. The van der Waals surface area contributed by atoms with E-state index in [4.69, 9.17) is 5.11 Å². The van der Waals surface area contributed by atoms with Gasteiger partial charge in [-0.15, -0.1) is 0 Å². The number of likely N-dealkylation sites (tertiary alicyclic amines) is 1. The van der Waals surface area contributed by atoms with Crippen molar-refractivity contribution in [3.63, 3.8) is 0 Å². The van der Waals surface area contributed by atoms with Gasteiger partial charge in [0.2, 0.25) is 0 Å². The molecular formula is C16H31NO2. The van der Waals surface area contributed by atoms with E-state index in [-0.39, 0.29) is 0 Å². The minimum atomic E-state index is -0.652. The van der Waals surface area contributed by atoms with Gasteiger partial charge in [0.05, 0.1) is 0 Å². The lowest BCUT2D eigenvalue weighted by Crippen LogP contribution is -2.55. The fourth-order valence-corrected chi connectivity index (χ4v) is 3.29. The van der Waals surface area contributed by atoms with Gasteiger partial charge in [-0.3, -0.25) is 4.79 Å². The van der Waals surface area contributed by atoms with E-state index in [1.807, 2.05) is 0 Å². The smallest absolute Gasteiger partial charge is 0.303 e. The Kier molecular flexibility index (Phi) is 6.84. The molecule has 19 heavy (non-hydrogen) atoms. The van der Waals surface area contributed by atoms with Crippen LogP contribution in [0, 0.1) is 11.3 Å². The zero-order valence-electron chi connectivity index (χ0n) is 13.0. The molecule has 0 radical (unpaired) electrons. The highest BCUT2D eigenvalue weighted by atomic mass is 16.4. The highest BCUT2D eigenvalue weighted by Crippen LogP contribution is 2.37. The Balaban J connectivity index is 2.24. The molecule has 0 aromatic heterocycles. The third kappa shape index (κ3) is 5.13. The van der Waals surface area contributed by atoms with Crippen molar-refractivity contribution < 1.29 is 9.90 Å². The van der Waals surface area contributed by atoms with Crippen molar-refractivity contribution in [3.8, 4) is 0 Å². The average Bonchev–Trinajstić information content (AvgIpc) is 2.34. The minimum Gasteiger partial charge on any atom is -0.481 e. The van der Waals surface area contributed by atoms with Crippen LogP contribution in [-0.4, -0.2) is 35.6 Å². The van der Waals surface area contributed by atoms with Crippen molar-refractivity contribution in [3.05, 3.63) is 0 Å². The summed E-state index contributed by atoms with van der Waals surface area (Å²) in [6, 6.07) is 0. The topological polar surface area (TPSA) is 40.5 Å². The van der Waals surface area contributed by atoms with Crippen LogP contribution in [0.2, 0.25) is 0 Å². The monoisotopic (exact) mass is 269 g/mol. The zero-order chi connectivity index (χ0) is 14.3. The van der Waals surface area contributed by atoms with Crippen LogP contribution in [0.15, 0.2) is 0 Å². The van der Waals surface area contributed by atoms with Gasteiger partial charge < -0.3 is 10.0 Å². The molecule has 0 spiro atoms. The van der Waals surface area contributed by atoms with Crippen LogP contribution in [0.3, 0.4) is 0 Å². The maximum absolute atomic E-state index is 10.7. The Morgan fingerprint density at radius 1 is 1.16 bits per heavy atom. The molecule has 1 N–H and O–H groups in total. The minimum absolute atomic E-state index is 0.332. The van der Waals surface area contributed by atoms with E-state index in [0.29, 0.717) is 17.8 Å². The molecule has 1 heterocycles. The Bertz CT molecular complexity index is 266. The SMILES string of the molecule is CCCC(CCC(=O)O)CCN1CC(CC)(CC)C1. The molecule has 0 bridgehead atoms. The fourth-order valence-electron chi connectivity index (χ4n) is 3.29. The second-order valence-electron chi connectivity index (χ2n) is 6.29. The number of carbonyl (C=O) groups is 1. The molecule has 1 atom stereocenters. The van der Waals surface area contributed by atoms with Gasteiger partial charge in [0.25, 0.3) is 0 Å².